The van der Waals surface area contributed by atoms with Gasteiger partial charge in [0.2, 0.25) is 0 Å². The van der Waals surface area contributed by atoms with Gasteiger partial charge < -0.3 is 0 Å². The summed E-state index contributed by atoms with van der Waals surface area (Å²) >= 11 is 0. The van der Waals surface area contributed by atoms with Gasteiger partial charge in [-0.1, -0.05) is 255 Å². The van der Waals surface area contributed by atoms with Crippen LogP contribution in [-0.4, -0.2) is 0 Å². The fourth-order valence-electron chi connectivity index (χ4n) is 4.35. The van der Waals surface area contributed by atoms with Crippen molar-refractivity contribution in [1.82, 2.24) is 0 Å². The second-order valence-electron chi connectivity index (χ2n) is 10.6. The first-order valence-electron chi connectivity index (χ1n) is 16.2. The highest BCUT2D eigenvalue weighted by Gasteiger charge is 1.87. The third-order valence-electron chi connectivity index (χ3n) is 6.87. The summed E-state index contributed by atoms with van der Waals surface area (Å²) in [5, 5.41) is 0. The molecule has 0 aliphatic rings. The molecule has 0 amide bonds. The smallest absolute Gasteiger partial charge is 0.0256 e. The lowest BCUT2D eigenvalue weighted by atomic mass is 10.1. The van der Waals surface area contributed by atoms with Gasteiger partial charge in [0.1, 0.15) is 0 Å². The van der Waals surface area contributed by atoms with Crippen molar-refractivity contribution < 1.29 is 0 Å². The molecule has 0 radical (unpaired) electrons. The molecule has 7 rings (SSSR count). The van der Waals surface area contributed by atoms with Crippen LogP contribution in [0.1, 0.15) is 33.4 Å². The van der Waals surface area contributed by atoms with E-state index >= 15 is 0 Å². The van der Waals surface area contributed by atoms with Gasteiger partial charge in [-0.2, -0.15) is 0 Å². The molecule has 0 spiro atoms. The van der Waals surface area contributed by atoms with E-state index in [4.69, 9.17) is 0 Å². The van der Waals surface area contributed by atoms with Gasteiger partial charge in [-0.15, -0.1) is 0 Å². The monoisotopic (exact) mass is 618 g/mol. The summed E-state index contributed by atoms with van der Waals surface area (Å²) in [7, 11) is 0. The second-order valence-corrected chi connectivity index (χ2v) is 10.6. The van der Waals surface area contributed by atoms with Crippen LogP contribution in [0.4, 0.5) is 0 Å². The zero-order chi connectivity index (χ0) is 33.2. The molecule has 0 saturated heterocycles. The largest absolute Gasteiger partial charge is 0.0623 e. The molecule has 0 aromatic heterocycles. The topological polar surface area (TPSA) is 0 Å². The van der Waals surface area contributed by atoms with Crippen LogP contribution < -0.4 is 0 Å². The normalized spacial score (nSPS) is 10.2. The molecule has 0 atom stereocenters. The summed E-state index contributed by atoms with van der Waals surface area (Å²) in [6, 6.07) is 73.9. The molecular weight excluding hydrogens is 577 g/mol. The van der Waals surface area contributed by atoms with Gasteiger partial charge >= 0.3 is 0 Å². The zero-order valence-electron chi connectivity index (χ0n) is 27.2. The summed E-state index contributed by atoms with van der Waals surface area (Å²) in [5.74, 6) is 0. The van der Waals surface area contributed by atoms with E-state index in [2.05, 4.69) is 109 Å². The molecule has 7 aromatic rings. The minimum Gasteiger partial charge on any atom is -0.0623 e. The van der Waals surface area contributed by atoms with Crippen molar-refractivity contribution in [1.29, 1.82) is 0 Å². The minimum atomic E-state index is 1.23. The third-order valence-corrected chi connectivity index (χ3v) is 6.87. The van der Waals surface area contributed by atoms with E-state index in [1.165, 1.54) is 33.4 Å². The van der Waals surface area contributed by atoms with Crippen LogP contribution in [0.25, 0.3) is 36.5 Å². The van der Waals surface area contributed by atoms with Crippen LogP contribution in [0.5, 0.6) is 0 Å². The van der Waals surface area contributed by atoms with E-state index in [1.807, 2.05) is 146 Å². The molecule has 0 bridgehead atoms. The quantitative estimate of drug-likeness (QED) is 0.163. The summed E-state index contributed by atoms with van der Waals surface area (Å²) in [6.45, 7) is 0. The van der Waals surface area contributed by atoms with Crippen molar-refractivity contribution in [3.8, 4) is 0 Å². The van der Waals surface area contributed by atoms with Gasteiger partial charge in [0.25, 0.3) is 0 Å². The molecule has 234 valence electrons. The van der Waals surface area contributed by atoms with Crippen LogP contribution in [0, 0.1) is 0 Å². The third kappa shape index (κ3) is 15.2. The van der Waals surface area contributed by atoms with Crippen molar-refractivity contribution >= 4 is 36.5 Å². The van der Waals surface area contributed by atoms with Gasteiger partial charge in [-0.05, 0) is 33.4 Å². The van der Waals surface area contributed by atoms with E-state index in [0.29, 0.717) is 0 Å². The SMILES string of the molecule is C(=Cc1ccccc1)c1ccccc1.C(=Cc1ccccc1)c1ccccc1.C(=Cc1ccccc1)c1ccccc1.c1ccccc1. The standard InChI is InChI=1S/3C14H12.C6H6/c3*1-3-7-13(8-4-1)11-12-14-9-5-2-6-10-14;1-2-4-6-5-3-1/h3*1-12H;1-6H. The maximum Gasteiger partial charge on any atom is -0.0256 e. The molecule has 0 N–H and O–H groups in total. The number of rotatable bonds is 6. The lowest BCUT2D eigenvalue weighted by molar-refractivity contribution is 1.65. The lowest BCUT2D eigenvalue weighted by Crippen LogP contribution is -1.70. The number of hydrogen-bond acceptors (Lipinski definition) is 0. The Hall–Kier alpha value is -6.24. The minimum absolute atomic E-state index is 1.23. The molecule has 0 heteroatoms. The van der Waals surface area contributed by atoms with Crippen LogP contribution in [0.3, 0.4) is 0 Å². The Morgan fingerprint density at radius 3 is 0.375 bits per heavy atom. The molecule has 0 heterocycles. The van der Waals surface area contributed by atoms with E-state index in [0.717, 1.165) is 0 Å². The first-order chi connectivity index (χ1) is 23.8. The molecule has 7 aromatic carbocycles. The Morgan fingerprint density at radius 2 is 0.250 bits per heavy atom. The van der Waals surface area contributed by atoms with Crippen molar-refractivity contribution in [2.75, 3.05) is 0 Å². The van der Waals surface area contributed by atoms with Crippen LogP contribution in [0.2, 0.25) is 0 Å². The highest BCUT2D eigenvalue weighted by Crippen LogP contribution is 2.09. The Bertz CT molecular complexity index is 1490. The van der Waals surface area contributed by atoms with E-state index < -0.39 is 0 Å². The maximum atomic E-state index is 2.12. The Balaban J connectivity index is 0.000000150. The molecule has 0 aliphatic heterocycles. The van der Waals surface area contributed by atoms with Crippen LogP contribution in [0.15, 0.2) is 218 Å². The average Bonchev–Trinajstić information content (AvgIpc) is 3.19. The lowest BCUT2D eigenvalue weighted by Gasteiger charge is -1.92. The molecule has 48 heavy (non-hydrogen) atoms. The molecule has 0 unspecified atom stereocenters. The second kappa shape index (κ2) is 22.3. The van der Waals surface area contributed by atoms with Gasteiger partial charge in [0.05, 0.1) is 0 Å². The first-order valence-corrected chi connectivity index (χ1v) is 16.2. The molecule has 0 saturated carbocycles. The fourth-order valence-corrected chi connectivity index (χ4v) is 4.35. The van der Waals surface area contributed by atoms with E-state index in [9.17, 15) is 0 Å². The summed E-state index contributed by atoms with van der Waals surface area (Å²) in [4.78, 5) is 0. The van der Waals surface area contributed by atoms with Gasteiger partial charge in [0, 0.05) is 0 Å². The van der Waals surface area contributed by atoms with Crippen molar-refractivity contribution in [2.24, 2.45) is 0 Å². The van der Waals surface area contributed by atoms with Gasteiger partial charge in [-0.3, -0.25) is 0 Å². The average molecular weight is 619 g/mol. The van der Waals surface area contributed by atoms with Gasteiger partial charge in [-0.25, -0.2) is 0 Å². The van der Waals surface area contributed by atoms with E-state index in [1.54, 1.807) is 0 Å². The molecule has 0 nitrogen and oxygen atoms in total. The van der Waals surface area contributed by atoms with Crippen molar-refractivity contribution in [3.05, 3.63) is 252 Å². The summed E-state index contributed by atoms with van der Waals surface area (Å²) < 4.78 is 0. The zero-order valence-corrected chi connectivity index (χ0v) is 27.2. The fraction of sp³-hybridized carbons (Fsp3) is 0. The Labute approximate surface area is 287 Å². The number of hydrogen-bond donors (Lipinski definition) is 0. The van der Waals surface area contributed by atoms with Crippen molar-refractivity contribution in [3.63, 3.8) is 0 Å². The highest BCUT2D eigenvalue weighted by atomic mass is 13.9. The first kappa shape index (κ1) is 34.6. The number of benzene rings is 7. The van der Waals surface area contributed by atoms with Gasteiger partial charge in [0.15, 0.2) is 0 Å². The van der Waals surface area contributed by atoms with Crippen LogP contribution in [-0.2, 0) is 0 Å². The Morgan fingerprint density at radius 1 is 0.146 bits per heavy atom. The highest BCUT2D eigenvalue weighted by molar-refractivity contribution is 5.70. The molecule has 0 fully saturated rings. The Kier molecular flexibility index (Phi) is 16.1. The maximum absolute atomic E-state index is 2.12. The molecular formula is C48H42. The van der Waals surface area contributed by atoms with E-state index in [-0.39, 0.29) is 0 Å². The summed E-state index contributed by atoms with van der Waals surface area (Å²) in [5.41, 5.74) is 7.40. The van der Waals surface area contributed by atoms with Crippen LogP contribution >= 0.6 is 0 Å². The summed E-state index contributed by atoms with van der Waals surface area (Å²) in [6.07, 6.45) is 12.7. The predicted octanol–water partition coefficient (Wildman–Crippen LogP) is 13.3. The van der Waals surface area contributed by atoms with Crippen molar-refractivity contribution in [2.45, 2.75) is 0 Å². The molecule has 0 aliphatic carbocycles. The predicted molar refractivity (Wildman–Crippen MR) is 212 cm³/mol.